The van der Waals surface area contributed by atoms with E-state index < -0.39 is 0 Å². The topological polar surface area (TPSA) is 9.23 Å². The molecule has 0 aromatic heterocycles. The van der Waals surface area contributed by atoms with Crippen LogP contribution in [0, 0.1) is 22.7 Å². The molecule has 1 rings (SSSR count). The standard InChI is InChI=1S/C27H50O/c1-11-14-19-27(10,13-3)28-21(4)22-15-17-23(18-16-22)24(20-25(5,6)7)26(8,9)12-2/h15,17-18,21-22,24H,11-14,16,19-20H2,1-10H3. The van der Waals surface area contributed by atoms with E-state index in [0.717, 1.165) is 12.8 Å². The van der Waals surface area contributed by atoms with Crippen molar-refractivity contribution >= 4 is 0 Å². The Morgan fingerprint density at radius 3 is 2.11 bits per heavy atom. The van der Waals surface area contributed by atoms with Crippen molar-refractivity contribution in [1.82, 2.24) is 0 Å². The van der Waals surface area contributed by atoms with Gasteiger partial charge < -0.3 is 4.74 Å². The summed E-state index contributed by atoms with van der Waals surface area (Å²) in [6.45, 7) is 23.4. The Kier molecular flexibility index (Phi) is 9.52. The summed E-state index contributed by atoms with van der Waals surface area (Å²) in [6, 6.07) is 0. The molecule has 0 aromatic rings. The maximum absolute atomic E-state index is 6.61. The molecule has 1 heteroatoms. The predicted molar refractivity (Wildman–Crippen MR) is 126 cm³/mol. The Balaban J connectivity index is 2.85. The second-order valence-corrected chi connectivity index (χ2v) is 11.4. The van der Waals surface area contributed by atoms with E-state index in [0.29, 0.717) is 22.7 Å². The van der Waals surface area contributed by atoms with Gasteiger partial charge in [0.05, 0.1) is 11.7 Å². The zero-order valence-electron chi connectivity index (χ0n) is 20.8. The molecule has 0 spiro atoms. The van der Waals surface area contributed by atoms with E-state index in [1.165, 1.54) is 32.1 Å². The normalized spacial score (nSPS) is 22.5. The third-order valence-electron chi connectivity index (χ3n) is 7.12. The van der Waals surface area contributed by atoms with E-state index in [2.05, 4.69) is 87.5 Å². The zero-order chi connectivity index (χ0) is 21.6. The molecule has 0 fully saturated rings. The van der Waals surface area contributed by atoms with Gasteiger partial charge in [-0.3, -0.25) is 0 Å². The van der Waals surface area contributed by atoms with E-state index in [-0.39, 0.29) is 11.7 Å². The summed E-state index contributed by atoms with van der Waals surface area (Å²) in [5.74, 6) is 1.12. The third kappa shape index (κ3) is 7.69. The fraction of sp³-hybridized carbons (Fsp3) is 0.852. The molecule has 0 saturated carbocycles. The second-order valence-electron chi connectivity index (χ2n) is 11.4. The fourth-order valence-electron chi connectivity index (χ4n) is 4.37. The minimum absolute atomic E-state index is 0.0201. The van der Waals surface area contributed by atoms with Crippen LogP contribution in [-0.2, 0) is 4.74 Å². The van der Waals surface area contributed by atoms with Gasteiger partial charge in [0, 0.05) is 5.92 Å². The average Bonchev–Trinajstić information content (AvgIpc) is 2.64. The molecule has 0 bridgehead atoms. The SMILES string of the molecule is CCCCC(C)(CC)OC(C)C1C=CC(C(CC(C)(C)C)C(C)(C)CC)=CC1. The minimum atomic E-state index is 0.0201. The lowest BCUT2D eigenvalue weighted by Crippen LogP contribution is -2.35. The highest BCUT2D eigenvalue weighted by molar-refractivity contribution is 5.28. The van der Waals surface area contributed by atoms with Gasteiger partial charge in [-0.05, 0) is 61.9 Å². The van der Waals surface area contributed by atoms with Crippen molar-refractivity contribution < 1.29 is 4.74 Å². The van der Waals surface area contributed by atoms with E-state index >= 15 is 0 Å². The molecule has 0 aromatic carbocycles. The van der Waals surface area contributed by atoms with Crippen LogP contribution >= 0.6 is 0 Å². The molecule has 4 unspecified atom stereocenters. The van der Waals surface area contributed by atoms with Crippen molar-refractivity contribution in [3.63, 3.8) is 0 Å². The molecule has 0 radical (unpaired) electrons. The van der Waals surface area contributed by atoms with Crippen molar-refractivity contribution in [2.45, 2.75) is 126 Å². The van der Waals surface area contributed by atoms with E-state index in [1.54, 1.807) is 5.57 Å². The van der Waals surface area contributed by atoms with Gasteiger partial charge in [0.1, 0.15) is 0 Å². The van der Waals surface area contributed by atoms with Crippen molar-refractivity contribution in [3.05, 3.63) is 23.8 Å². The van der Waals surface area contributed by atoms with E-state index in [4.69, 9.17) is 4.74 Å². The van der Waals surface area contributed by atoms with Crippen LogP contribution < -0.4 is 0 Å². The van der Waals surface area contributed by atoms with Crippen LogP contribution in [0.15, 0.2) is 23.8 Å². The van der Waals surface area contributed by atoms with Crippen LogP contribution in [0.2, 0.25) is 0 Å². The fourth-order valence-corrected chi connectivity index (χ4v) is 4.37. The first-order valence-electron chi connectivity index (χ1n) is 11.9. The van der Waals surface area contributed by atoms with Gasteiger partial charge >= 0.3 is 0 Å². The number of rotatable bonds is 11. The summed E-state index contributed by atoms with van der Waals surface area (Å²) in [7, 11) is 0. The van der Waals surface area contributed by atoms with Gasteiger partial charge in [-0.25, -0.2) is 0 Å². The Hall–Kier alpha value is -0.560. The highest BCUT2D eigenvalue weighted by Gasteiger charge is 2.34. The van der Waals surface area contributed by atoms with Crippen LogP contribution in [-0.4, -0.2) is 11.7 Å². The van der Waals surface area contributed by atoms with Crippen molar-refractivity contribution in [2.24, 2.45) is 22.7 Å². The molecule has 0 aliphatic heterocycles. The predicted octanol–water partition coefficient (Wildman–Crippen LogP) is 8.74. The van der Waals surface area contributed by atoms with Crippen LogP contribution in [0.4, 0.5) is 0 Å². The molecular weight excluding hydrogens is 340 g/mol. The van der Waals surface area contributed by atoms with Crippen molar-refractivity contribution in [2.75, 3.05) is 0 Å². The summed E-state index contributed by atoms with van der Waals surface area (Å²) in [5, 5.41) is 0. The van der Waals surface area contributed by atoms with Crippen LogP contribution in [0.5, 0.6) is 0 Å². The molecule has 1 nitrogen and oxygen atoms in total. The summed E-state index contributed by atoms with van der Waals surface area (Å²) in [5.41, 5.74) is 2.25. The van der Waals surface area contributed by atoms with Gasteiger partial charge in [0.25, 0.3) is 0 Å². The first-order valence-corrected chi connectivity index (χ1v) is 11.9. The van der Waals surface area contributed by atoms with Crippen LogP contribution in [0.3, 0.4) is 0 Å². The molecule has 0 N–H and O–H groups in total. The van der Waals surface area contributed by atoms with Crippen LogP contribution in [0.25, 0.3) is 0 Å². The second kappa shape index (κ2) is 10.5. The quantitative estimate of drug-likeness (QED) is 0.342. The van der Waals surface area contributed by atoms with Gasteiger partial charge in [-0.1, -0.05) is 92.9 Å². The van der Waals surface area contributed by atoms with Gasteiger partial charge in [-0.2, -0.15) is 0 Å². The third-order valence-corrected chi connectivity index (χ3v) is 7.12. The number of hydrogen-bond acceptors (Lipinski definition) is 1. The number of allylic oxidation sites excluding steroid dienone is 3. The van der Waals surface area contributed by atoms with Gasteiger partial charge in [0.15, 0.2) is 0 Å². The number of hydrogen-bond donors (Lipinski definition) is 0. The van der Waals surface area contributed by atoms with E-state index in [9.17, 15) is 0 Å². The molecular formula is C27H50O. The van der Waals surface area contributed by atoms with E-state index in [1.807, 2.05) is 0 Å². The van der Waals surface area contributed by atoms with Crippen molar-refractivity contribution in [1.29, 1.82) is 0 Å². The van der Waals surface area contributed by atoms with Gasteiger partial charge in [-0.15, -0.1) is 0 Å². The minimum Gasteiger partial charge on any atom is -0.372 e. The molecule has 164 valence electrons. The Labute approximate surface area is 177 Å². The lowest BCUT2D eigenvalue weighted by atomic mass is 9.65. The summed E-state index contributed by atoms with van der Waals surface area (Å²) < 4.78 is 6.61. The first-order chi connectivity index (χ1) is 12.9. The molecule has 28 heavy (non-hydrogen) atoms. The molecule has 1 aliphatic carbocycles. The average molecular weight is 391 g/mol. The smallest absolute Gasteiger partial charge is 0.0655 e. The molecule has 0 heterocycles. The lowest BCUT2D eigenvalue weighted by molar-refractivity contribution is -0.0975. The maximum Gasteiger partial charge on any atom is 0.0655 e. The Bertz CT molecular complexity index is 519. The summed E-state index contributed by atoms with van der Waals surface area (Å²) in [4.78, 5) is 0. The lowest BCUT2D eigenvalue weighted by Gasteiger charge is -2.40. The number of unbranched alkanes of at least 4 members (excludes halogenated alkanes) is 1. The molecule has 0 saturated heterocycles. The largest absolute Gasteiger partial charge is 0.372 e. The Morgan fingerprint density at radius 2 is 1.68 bits per heavy atom. The first kappa shape index (κ1) is 25.5. The maximum atomic E-state index is 6.61. The van der Waals surface area contributed by atoms with Crippen molar-refractivity contribution in [3.8, 4) is 0 Å². The van der Waals surface area contributed by atoms with Gasteiger partial charge in [0.2, 0.25) is 0 Å². The highest BCUT2D eigenvalue weighted by Crippen LogP contribution is 2.44. The highest BCUT2D eigenvalue weighted by atomic mass is 16.5. The monoisotopic (exact) mass is 390 g/mol. The van der Waals surface area contributed by atoms with Crippen LogP contribution in [0.1, 0.15) is 114 Å². The Morgan fingerprint density at radius 1 is 1.04 bits per heavy atom. The number of ether oxygens (including phenoxy) is 1. The summed E-state index contributed by atoms with van der Waals surface area (Å²) in [6.07, 6.45) is 16.0. The summed E-state index contributed by atoms with van der Waals surface area (Å²) >= 11 is 0. The zero-order valence-corrected chi connectivity index (χ0v) is 20.8. The molecule has 1 aliphatic rings. The molecule has 4 atom stereocenters. The molecule has 0 amide bonds.